The van der Waals surface area contributed by atoms with Gasteiger partial charge >= 0.3 is 0 Å². The molecule has 2 unspecified atom stereocenters. The van der Waals surface area contributed by atoms with Crippen molar-refractivity contribution < 1.29 is 18.9 Å². The summed E-state index contributed by atoms with van der Waals surface area (Å²) in [4.78, 5) is 0. The number of fused-ring (bicyclic) bond motifs is 1. The normalized spacial score (nSPS) is 18.8. The summed E-state index contributed by atoms with van der Waals surface area (Å²) in [5, 5.41) is 10.1. The minimum absolute atomic E-state index is 0.111. The van der Waals surface area contributed by atoms with E-state index in [1.165, 1.54) is 0 Å². The number of benzene rings is 1. The molecular weight excluding hydrogens is 318 g/mol. The lowest BCUT2D eigenvalue weighted by Crippen LogP contribution is -2.48. The maximum absolute atomic E-state index is 10.1. The molecule has 0 N–H and O–H groups in total. The van der Waals surface area contributed by atoms with Crippen LogP contribution in [0, 0.1) is 22.7 Å². The second kappa shape index (κ2) is 9.07. The summed E-state index contributed by atoms with van der Waals surface area (Å²) in [5.41, 5.74) is -0.667. The van der Waals surface area contributed by atoms with Crippen LogP contribution >= 0.6 is 0 Å². The fourth-order valence-electron chi connectivity index (χ4n) is 3.30. The Morgan fingerprint density at radius 2 is 1.84 bits per heavy atom. The molecule has 0 amide bonds. The number of hydrogen-bond donors (Lipinski definition) is 0. The molecule has 5 nitrogen and oxygen atoms in total. The fourth-order valence-corrected chi connectivity index (χ4v) is 3.30. The highest BCUT2D eigenvalue weighted by atomic mass is 16.7. The summed E-state index contributed by atoms with van der Waals surface area (Å²) in [7, 11) is 0. The van der Waals surface area contributed by atoms with Crippen molar-refractivity contribution in [3.05, 3.63) is 24.3 Å². The second-order valence-corrected chi connectivity index (χ2v) is 6.55. The first kappa shape index (κ1) is 19.6. The molecule has 0 saturated carbocycles. The van der Waals surface area contributed by atoms with E-state index in [-0.39, 0.29) is 18.3 Å². The van der Waals surface area contributed by atoms with Gasteiger partial charge in [-0.3, -0.25) is 0 Å². The molecule has 1 heterocycles. The second-order valence-electron chi connectivity index (χ2n) is 6.55. The van der Waals surface area contributed by atoms with Crippen LogP contribution in [-0.2, 0) is 9.47 Å². The molecule has 1 aliphatic rings. The third-order valence-electron chi connectivity index (χ3n) is 4.82. The van der Waals surface area contributed by atoms with E-state index in [2.05, 4.69) is 19.9 Å². The molecule has 0 fully saturated rings. The quantitative estimate of drug-likeness (QED) is 0.627. The molecule has 0 radical (unpaired) electrons. The Kier molecular flexibility index (Phi) is 7.10. The van der Waals surface area contributed by atoms with Crippen molar-refractivity contribution >= 4 is 0 Å². The van der Waals surface area contributed by atoms with E-state index < -0.39 is 5.41 Å². The van der Waals surface area contributed by atoms with Crippen LogP contribution in [-0.4, -0.2) is 32.2 Å². The van der Waals surface area contributed by atoms with Gasteiger partial charge in [0, 0.05) is 19.6 Å². The predicted molar refractivity (Wildman–Crippen MR) is 95.5 cm³/mol. The standard InChI is InChI=1S/C20H29NO4/c1-5-22-19(23-6-2)11-12-20(14-21,15(3)4)18-13-24-16-9-7-8-10-17(16)25-18/h7-10,15,18-19H,5-6,11-13H2,1-4H3. The summed E-state index contributed by atoms with van der Waals surface area (Å²) >= 11 is 0. The Morgan fingerprint density at radius 1 is 1.20 bits per heavy atom. The molecule has 0 aliphatic carbocycles. The van der Waals surface area contributed by atoms with E-state index in [0.29, 0.717) is 38.4 Å². The van der Waals surface area contributed by atoms with Crippen molar-refractivity contribution in [2.75, 3.05) is 19.8 Å². The highest BCUT2D eigenvalue weighted by Gasteiger charge is 2.46. The van der Waals surface area contributed by atoms with Gasteiger partial charge in [0.15, 0.2) is 23.9 Å². The lowest BCUT2D eigenvalue weighted by atomic mass is 9.70. The van der Waals surface area contributed by atoms with Gasteiger partial charge in [-0.15, -0.1) is 0 Å². The summed E-state index contributed by atoms with van der Waals surface area (Å²) in [6.45, 7) is 9.55. The van der Waals surface area contributed by atoms with E-state index in [4.69, 9.17) is 18.9 Å². The van der Waals surface area contributed by atoms with Gasteiger partial charge < -0.3 is 18.9 Å². The van der Waals surface area contributed by atoms with Crippen molar-refractivity contribution in [3.8, 4) is 17.6 Å². The van der Waals surface area contributed by atoms with Gasteiger partial charge in [-0.1, -0.05) is 26.0 Å². The van der Waals surface area contributed by atoms with Crippen molar-refractivity contribution in [1.82, 2.24) is 0 Å². The van der Waals surface area contributed by atoms with Crippen LogP contribution in [0.5, 0.6) is 11.5 Å². The lowest BCUT2D eigenvalue weighted by molar-refractivity contribution is -0.146. The van der Waals surface area contributed by atoms with Gasteiger partial charge in [-0.2, -0.15) is 5.26 Å². The number of nitriles is 1. The smallest absolute Gasteiger partial charge is 0.161 e. The highest BCUT2D eigenvalue weighted by molar-refractivity contribution is 5.41. The van der Waals surface area contributed by atoms with Crippen LogP contribution in [0.4, 0.5) is 0 Å². The average Bonchev–Trinajstić information content (AvgIpc) is 2.62. The molecule has 2 rings (SSSR count). The molecule has 138 valence electrons. The topological polar surface area (TPSA) is 60.7 Å². The van der Waals surface area contributed by atoms with Gasteiger partial charge in [0.2, 0.25) is 0 Å². The van der Waals surface area contributed by atoms with Crippen LogP contribution in [0.3, 0.4) is 0 Å². The lowest BCUT2D eigenvalue weighted by Gasteiger charge is -2.41. The van der Waals surface area contributed by atoms with Gasteiger partial charge in [0.25, 0.3) is 0 Å². The Labute approximate surface area is 150 Å². The minimum Gasteiger partial charge on any atom is -0.486 e. The number of hydrogen-bond acceptors (Lipinski definition) is 5. The summed E-state index contributed by atoms with van der Waals surface area (Å²) in [6.07, 6.45) is 0.659. The third-order valence-corrected chi connectivity index (χ3v) is 4.82. The molecule has 25 heavy (non-hydrogen) atoms. The number of nitrogens with zero attached hydrogens (tertiary/aromatic N) is 1. The zero-order valence-corrected chi connectivity index (χ0v) is 15.7. The van der Waals surface area contributed by atoms with Crippen molar-refractivity contribution in [2.45, 2.75) is 52.9 Å². The predicted octanol–water partition coefficient (Wildman–Crippen LogP) is 4.17. The molecule has 0 spiro atoms. The zero-order chi connectivity index (χ0) is 18.3. The SMILES string of the molecule is CCOC(CCC(C#N)(C(C)C)C1COc2ccccc2O1)OCC. The van der Waals surface area contributed by atoms with E-state index in [0.717, 1.165) is 5.75 Å². The summed E-state index contributed by atoms with van der Waals surface area (Å²) in [5.74, 6) is 1.54. The van der Waals surface area contributed by atoms with E-state index >= 15 is 0 Å². The van der Waals surface area contributed by atoms with Crippen LogP contribution in [0.25, 0.3) is 0 Å². The van der Waals surface area contributed by atoms with E-state index in [1.807, 2.05) is 38.1 Å². The molecular formula is C20H29NO4. The molecule has 1 aromatic carbocycles. The average molecular weight is 347 g/mol. The largest absolute Gasteiger partial charge is 0.486 e. The Hall–Kier alpha value is -1.77. The molecule has 2 atom stereocenters. The molecule has 0 bridgehead atoms. The number of para-hydroxylation sites is 2. The first-order valence-corrected chi connectivity index (χ1v) is 9.10. The first-order chi connectivity index (χ1) is 12.1. The van der Waals surface area contributed by atoms with Gasteiger partial charge in [0.05, 0.1) is 11.5 Å². The van der Waals surface area contributed by atoms with Gasteiger partial charge in [0.1, 0.15) is 6.61 Å². The van der Waals surface area contributed by atoms with Crippen LogP contribution in [0.1, 0.15) is 40.5 Å². The zero-order valence-electron chi connectivity index (χ0n) is 15.7. The minimum atomic E-state index is -0.667. The summed E-state index contributed by atoms with van der Waals surface area (Å²) < 4.78 is 23.3. The molecule has 0 aromatic heterocycles. The van der Waals surface area contributed by atoms with Gasteiger partial charge in [-0.25, -0.2) is 0 Å². The molecule has 5 heteroatoms. The Balaban J connectivity index is 2.16. The molecule has 1 aliphatic heterocycles. The number of rotatable bonds is 9. The third kappa shape index (κ3) is 4.45. The van der Waals surface area contributed by atoms with Crippen LogP contribution in [0.2, 0.25) is 0 Å². The maximum atomic E-state index is 10.1. The maximum Gasteiger partial charge on any atom is 0.161 e. The number of ether oxygens (including phenoxy) is 4. The Bertz CT molecular complexity index is 577. The monoisotopic (exact) mass is 347 g/mol. The Morgan fingerprint density at radius 3 is 2.40 bits per heavy atom. The van der Waals surface area contributed by atoms with Crippen molar-refractivity contribution in [3.63, 3.8) is 0 Å². The highest BCUT2D eigenvalue weighted by Crippen LogP contribution is 2.43. The van der Waals surface area contributed by atoms with Crippen LogP contribution in [0.15, 0.2) is 24.3 Å². The van der Waals surface area contributed by atoms with Gasteiger partial charge in [-0.05, 0) is 38.3 Å². The van der Waals surface area contributed by atoms with Crippen molar-refractivity contribution in [2.24, 2.45) is 11.3 Å². The van der Waals surface area contributed by atoms with Crippen LogP contribution < -0.4 is 9.47 Å². The van der Waals surface area contributed by atoms with E-state index in [1.54, 1.807) is 0 Å². The fraction of sp³-hybridized carbons (Fsp3) is 0.650. The molecule has 1 aromatic rings. The van der Waals surface area contributed by atoms with Crippen molar-refractivity contribution in [1.29, 1.82) is 5.26 Å². The summed E-state index contributed by atoms with van der Waals surface area (Å²) in [6, 6.07) is 10.1. The van der Waals surface area contributed by atoms with E-state index in [9.17, 15) is 5.26 Å². The molecule has 0 saturated heterocycles. The first-order valence-electron chi connectivity index (χ1n) is 9.10.